The largest absolute Gasteiger partial charge is 0.393 e. The smallest absolute Gasteiger partial charge is 0.0541 e. The van der Waals surface area contributed by atoms with Crippen LogP contribution in [0.2, 0.25) is 0 Å². The molecule has 1 saturated carbocycles. The number of nitrogens with one attached hydrogen (secondary N) is 1. The topological polar surface area (TPSA) is 38.7 Å². The maximum absolute atomic E-state index is 9.64. The number of hydrogen-bond donors (Lipinski definition) is 2. The molecule has 0 bridgehead atoms. The van der Waals surface area contributed by atoms with Crippen molar-refractivity contribution >= 4 is 0 Å². The van der Waals surface area contributed by atoms with Gasteiger partial charge in [0.2, 0.25) is 0 Å². The third-order valence-corrected chi connectivity index (χ3v) is 5.19. The van der Waals surface area contributed by atoms with Gasteiger partial charge in [-0.15, -0.1) is 0 Å². The number of likely N-dealkylation sites (tertiary alicyclic amines) is 1. The Hall–Kier alpha value is -0.160. The summed E-state index contributed by atoms with van der Waals surface area (Å²) in [5.74, 6) is 0. The van der Waals surface area contributed by atoms with Gasteiger partial charge in [-0.05, 0) is 59.2 Å². The van der Waals surface area contributed by atoms with Crippen LogP contribution in [0.15, 0.2) is 0 Å². The van der Waals surface area contributed by atoms with Crippen molar-refractivity contribution in [2.75, 3.05) is 40.3 Å². The van der Waals surface area contributed by atoms with E-state index in [2.05, 4.69) is 22.2 Å². The molecule has 20 heavy (non-hydrogen) atoms. The summed E-state index contributed by atoms with van der Waals surface area (Å²) in [5, 5.41) is 12.9. The van der Waals surface area contributed by atoms with Crippen molar-refractivity contribution in [1.29, 1.82) is 0 Å². The van der Waals surface area contributed by atoms with Crippen LogP contribution in [0.25, 0.3) is 0 Å². The first-order valence-electron chi connectivity index (χ1n) is 8.47. The van der Waals surface area contributed by atoms with E-state index in [1.807, 2.05) is 7.05 Å². The molecule has 1 saturated heterocycles. The van der Waals surface area contributed by atoms with Crippen molar-refractivity contribution in [1.82, 2.24) is 15.1 Å². The molecule has 4 heteroatoms. The van der Waals surface area contributed by atoms with Crippen LogP contribution in [0, 0.1) is 0 Å². The summed E-state index contributed by atoms with van der Waals surface area (Å²) in [7, 11) is 4.33. The van der Waals surface area contributed by atoms with Gasteiger partial charge in [0.1, 0.15) is 0 Å². The molecular formula is C16H33N3O. The molecule has 2 rings (SSSR count). The summed E-state index contributed by atoms with van der Waals surface area (Å²) in [6.07, 6.45) is 8.37. The minimum absolute atomic E-state index is 0.0403. The molecular weight excluding hydrogens is 250 g/mol. The van der Waals surface area contributed by atoms with Gasteiger partial charge >= 0.3 is 0 Å². The number of piperidine rings is 1. The van der Waals surface area contributed by atoms with Gasteiger partial charge in [-0.25, -0.2) is 0 Å². The van der Waals surface area contributed by atoms with Crippen LogP contribution in [0.4, 0.5) is 0 Å². The Bertz CT molecular complexity index is 266. The highest BCUT2D eigenvalue weighted by molar-refractivity contribution is 4.84. The molecule has 0 aromatic heterocycles. The molecule has 1 atom stereocenters. The van der Waals surface area contributed by atoms with E-state index < -0.39 is 0 Å². The Morgan fingerprint density at radius 3 is 2.60 bits per heavy atom. The summed E-state index contributed by atoms with van der Waals surface area (Å²) in [4.78, 5) is 5.24. The third kappa shape index (κ3) is 4.69. The summed E-state index contributed by atoms with van der Waals surface area (Å²) in [6, 6.07) is 1.42. The number of aliphatic hydroxyl groups is 1. The van der Waals surface area contributed by atoms with E-state index in [0.717, 1.165) is 25.4 Å². The zero-order chi connectivity index (χ0) is 14.4. The third-order valence-electron chi connectivity index (χ3n) is 5.19. The van der Waals surface area contributed by atoms with Crippen LogP contribution < -0.4 is 5.32 Å². The molecule has 1 aliphatic heterocycles. The second-order valence-electron chi connectivity index (χ2n) is 6.69. The summed E-state index contributed by atoms with van der Waals surface area (Å²) < 4.78 is 0. The van der Waals surface area contributed by atoms with Gasteiger partial charge in [0.05, 0.1) is 6.10 Å². The fourth-order valence-electron chi connectivity index (χ4n) is 3.80. The first-order valence-corrected chi connectivity index (χ1v) is 8.47. The van der Waals surface area contributed by atoms with E-state index in [0.29, 0.717) is 6.04 Å². The second kappa shape index (κ2) is 8.32. The zero-order valence-electron chi connectivity index (χ0n) is 13.4. The van der Waals surface area contributed by atoms with Gasteiger partial charge in [0.15, 0.2) is 0 Å². The standard InChI is InChI=1S/C16H33N3O/c1-17-10-12-19-11-4-3-5-15(19)13-18(2)14-6-8-16(20)9-7-14/h14-17,20H,3-13H2,1-2H3. The highest BCUT2D eigenvalue weighted by Gasteiger charge is 2.27. The monoisotopic (exact) mass is 283 g/mol. The predicted molar refractivity (Wildman–Crippen MR) is 84.0 cm³/mol. The molecule has 1 aliphatic carbocycles. The lowest BCUT2D eigenvalue weighted by Crippen LogP contribution is -2.50. The fourth-order valence-corrected chi connectivity index (χ4v) is 3.80. The lowest BCUT2D eigenvalue weighted by Gasteiger charge is -2.41. The Morgan fingerprint density at radius 1 is 1.15 bits per heavy atom. The van der Waals surface area contributed by atoms with Crippen molar-refractivity contribution in [3.05, 3.63) is 0 Å². The van der Waals surface area contributed by atoms with E-state index in [4.69, 9.17) is 0 Å². The second-order valence-corrected chi connectivity index (χ2v) is 6.69. The first-order chi connectivity index (χ1) is 9.70. The highest BCUT2D eigenvalue weighted by atomic mass is 16.3. The van der Waals surface area contributed by atoms with Crippen LogP contribution in [0.3, 0.4) is 0 Å². The van der Waals surface area contributed by atoms with E-state index in [-0.39, 0.29) is 6.10 Å². The fraction of sp³-hybridized carbons (Fsp3) is 1.00. The zero-order valence-corrected chi connectivity index (χ0v) is 13.4. The van der Waals surface area contributed by atoms with Gasteiger partial charge in [-0.3, -0.25) is 4.90 Å². The summed E-state index contributed by atoms with van der Waals surface area (Å²) in [5.41, 5.74) is 0. The van der Waals surface area contributed by atoms with Gasteiger partial charge in [0, 0.05) is 31.7 Å². The average molecular weight is 283 g/mol. The van der Waals surface area contributed by atoms with Crippen LogP contribution >= 0.6 is 0 Å². The quantitative estimate of drug-likeness (QED) is 0.771. The first kappa shape index (κ1) is 16.2. The summed E-state index contributed by atoms with van der Waals surface area (Å²) in [6.45, 7) is 4.74. The van der Waals surface area contributed by atoms with Gasteiger partial charge in [-0.2, -0.15) is 0 Å². The van der Waals surface area contributed by atoms with Crippen molar-refractivity contribution in [2.45, 2.75) is 63.1 Å². The van der Waals surface area contributed by atoms with Crippen LogP contribution in [0.1, 0.15) is 44.9 Å². The molecule has 0 spiro atoms. The number of nitrogens with zero attached hydrogens (tertiary/aromatic N) is 2. The lowest BCUT2D eigenvalue weighted by atomic mass is 9.91. The maximum Gasteiger partial charge on any atom is 0.0541 e. The number of likely N-dealkylation sites (N-methyl/N-ethyl adjacent to an activating group) is 2. The maximum atomic E-state index is 9.64. The SMILES string of the molecule is CNCCN1CCCCC1CN(C)C1CCC(O)CC1. The van der Waals surface area contributed by atoms with Gasteiger partial charge in [0.25, 0.3) is 0 Å². The van der Waals surface area contributed by atoms with Crippen LogP contribution in [0.5, 0.6) is 0 Å². The van der Waals surface area contributed by atoms with Gasteiger partial charge < -0.3 is 15.3 Å². The molecule has 0 amide bonds. The molecule has 118 valence electrons. The molecule has 0 radical (unpaired) electrons. The lowest BCUT2D eigenvalue weighted by molar-refractivity contribution is 0.0581. The highest BCUT2D eigenvalue weighted by Crippen LogP contribution is 2.24. The number of aliphatic hydroxyl groups excluding tert-OH is 1. The molecule has 0 aromatic rings. The van der Waals surface area contributed by atoms with Crippen LogP contribution in [-0.4, -0.2) is 73.4 Å². The van der Waals surface area contributed by atoms with E-state index in [1.165, 1.54) is 51.7 Å². The van der Waals surface area contributed by atoms with E-state index in [9.17, 15) is 5.11 Å². The molecule has 2 N–H and O–H groups in total. The van der Waals surface area contributed by atoms with Crippen molar-refractivity contribution in [3.63, 3.8) is 0 Å². The minimum Gasteiger partial charge on any atom is -0.393 e. The van der Waals surface area contributed by atoms with Crippen molar-refractivity contribution < 1.29 is 5.11 Å². The van der Waals surface area contributed by atoms with E-state index in [1.54, 1.807) is 0 Å². The van der Waals surface area contributed by atoms with Crippen LogP contribution in [-0.2, 0) is 0 Å². The molecule has 2 aliphatic rings. The van der Waals surface area contributed by atoms with E-state index >= 15 is 0 Å². The summed E-state index contributed by atoms with van der Waals surface area (Å²) >= 11 is 0. The molecule has 1 heterocycles. The predicted octanol–water partition coefficient (Wildman–Crippen LogP) is 1.30. The molecule has 1 unspecified atom stereocenters. The molecule has 2 fully saturated rings. The number of hydrogen-bond acceptors (Lipinski definition) is 4. The molecule has 0 aromatic carbocycles. The van der Waals surface area contributed by atoms with Gasteiger partial charge in [-0.1, -0.05) is 6.42 Å². The Morgan fingerprint density at radius 2 is 1.90 bits per heavy atom. The Kier molecular flexibility index (Phi) is 6.75. The normalized spacial score (nSPS) is 32.7. The van der Waals surface area contributed by atoms with Crippen molar-refractivity contribution in [2.24, 2.45) is 0 Å². The average Bonchev–Trinajstić information content (AvgIpc) is 2.47. The van der Waals surface area contributed by atoms with Crippen molar-refractivity contribution in [3.8, 4) is 0 Å². The minimum atomic E-state index is -0.0403. The Balaban J connectivity index is 1.79. The molecule has 4 nitrogen and oxygen atoms in total. The Labute approximate surface area is 124 Å². The number of rotatable bonds is 6.